The molecule has 0 unspecified atom stereocenters. The number of nitrogens with zero attached hydrogens (tertiary/aromatic N) is 1. The Labute approximate surface area is 115 Å². The van der Waals surface area contributed by atoms with Crippen LogP contribution in [0.25, 0.3) is 0 Å². The fourth-order valence-electron chi connectivity index (χ4n) is 1.78. The summed E-state index contributed by atoms with van der Waals surface area (Å²) in [6.45, 7) is 7.52. The third-order valence-corrected chi connectivity index (χ3v) is 2.98. The van der Waals surface area contributed by atoms with Gasteiger partial charge in [0.1, 0.15) is 12.4 Å². The largest absolute Gasteiger partial charge is 0.467 e. The first-order chi connectivity index (χ1) is 9.14. The number of nitriles is 1. The van der Waals surface area contributed by atoms with Gasteiger partial charge in [0.05, 0.1) is 12.3 Å². The van der Waals surface area contributed by atoms with Crippen LogP contribution in [-0.2, 0) is 11.3 Å². The monoisotopic (exact) mass is 264 g/mol. The van der Waals surface area contributed by atoms with Crippen molar-refractivity contribution in [2.24, 2.45) is 5.41 Å². The molecule has 0 fully saturated rings. The second kappa shape index (κ2) is 8.73. The first-order valence-corrected chi connectivity index (χ1v) is 6.82. The molecular weight excluding hydrogens is 240 g/mol. The third-order valence-electron chi connectivity index (χ3n) is 2.98. The molecule has 1 N–H and O–H groups in total. The van der Waals surface area contributed by atoms with Gasteiger partial charge in [-0.3, -0.25) is 0 Å². The predicted molar refractivity (Wildman–Crippen MR) is 74.5 cm³/mol. The molecule has 0 aliphatic carbocycles. The molecule has 0 spiro atoms. The Kier molecular flexibility index (Phi) is 7.24. The number of nitrogens with one attached hydrogen (secondary N) is 1. The van der Waals surface area contributed by atoms with Crippen molar-refractivity contribution in [3.8, 4) is 6.07 Å². The van der Waals surface area contributed by atoms with Crippen LogP contribution in [0.5, 0.6) is 0 Å². The second-order valence-electron chi connectivity index (χ2n) is 5.48. The zero-order chi connectivity index (χ0) is 14.0. The van der Waals surface area contributed by atoms with Crippen LogP contribution in [0.2, 0.25) is 0 Å². The molecule has 0 atom stereocenters. The molecule has 4 nitrogen and oxygen atoms in total. The molecule has 19 heavy (non-hydrogen) atoms. The average Bonchev–Trinajstić information content (AvgIpc) is 2.88. The Hall–Kier alpha value is -1.31. The topological polar surface area (TPSA) is 58.2 Å². The number of rotatable bonds is 10. The quantitative estimate of drug-likeness (QED) is 0.660. The van der Waals surface area contributed by atoms with Crippen molar-refractivity contribution in [2.75, 3.05) is 19.7 Å². The van der Waals surface area contributed by atoms with Crippen molar-refractivity contribution < 1.29 is 9.15 Å². The van der Waals surface area contributed by atoms with Crippen LogP contribution in [0.15, 0.2) is 22.8 Å². The van der Waals surface area contributed by atoms with Crippen molar-refractivity contribution in [1.29, 1.82) is 5.26 Å². The summed E-state index contributed by atoms with van der Waals surface area (Å²) >= 11 is 0. The summed E-state index contributed by atoms with van der Waals surface area (Å²) in [5.41, 5.74) is 0.185. The number of hydrogen-bond donors (Lipinski definition) is 1. The summed E-state index contributed by atoms with van der Waals surface area (Å²) in [5.74, 6) is 0.866. The fraction of sp³-hybridized carbons (Fsp3) is 0.667. The average molecular weight is 264 g/mol. The smallest absolute Gasteiger partial charge is 0.129 e. The maximum Gasteiger partial charge on any atom is 0.129 e. The van der Waals surface area contributed by atoms with Gasteiger partial charge >= 0.3 is 0 Å². The number of furan rings is 1. The Morgan fingerprint density at radius 3 is 3.00 bits per heavy atom. The number of ether oxygens (including phenoxy) is 1. The van der Waals surface area contributed by atoms with Crippen molar-refractivity contribution in [1.82, 2.24) is 5.32 Å². The van der Waals surface area contributed by atoms with Gasteiger partial charge < -0.3 is 14.5 Å². The van der Waals surface area contributed by atoms with E-state index in [0.29, 0.717) is 13.0 Å². The summed E-state index contributed by atoms with van der Waals surface area (Å²) in [7, 11) is 0. The van der Waals surface area contributed by atoms with Gasteiger partial charge in [-0.2, -0.15) is 5.26 Å². The van der Waals surface area contributed by atoms with Crippen molar-refractivity contribution >= 4 is 0 Å². The summed E-state index contributed by atoms with van der Waals surface area (Å²) in [6.07, 6.45) is 4.20. The maximum absolute atomic E-state index is 8.58. The molecule has 1 aromatic heterocycles. The van der Waals surface area contributed by atoms with Crippen molar-refractivity contribution in [3.63, 3.8) is 0 Å². The van der Waals surface area contributed by atoms with Gasteiger partial charge in [-0.25, -0.2) is 0 Å². The first-order valence-electron chi connectivity index (χ1n) is 6.82. The van der Waals surface area contributed by atoms with E-state index in [1.807, 2.05) is 12.1 Å². The Balaban J connectivity index is 1.95. The van der Waals surface area contributed by atoms with Crippen LogP contribution in [0.1, 0.15) is 38.9 Å². The molecule has 0 saturated heterocycles. The molecule has 4 heteroatoms. The Morgan fingerprint density at radius 1 is 1.47 bits per heavy atom. The lowest BCUT2D eigenvalue weighted by Crippen LogP contribution is -2.30. The SMILES string of the molecule is CC(C)(CCC#N)CNCCCOCc1ccco1. The van der Waals surface area contributed by atoms with E-state index < -0.39 is 0 Å². The van der Waals surface area contributed by atoms with Gasteiger partial charge in [0.25, 0.3) is 0 Å². The summed E-state index contributed by atoms with van der Waals surface area (Å²) in [4.78, 5) is 0. The van der Waals surface area contributed by atoms with Crippen molar-refractivity contribution in [3.05, 3.63) is 24.2 Å². The van der Waals surface area contributed by atoms with E-state index in [0.717, 1.165) is 38.3 Å². The second-order valence-corrected chi connectivity index (χ2v) is 5.48. The minimum absolute atomic E-state index is 0.185. The predicted octanol–water partition coefficient (Wildman–Crippen LogP) is 3.11. The summed E-state index contributed by atoms with van der Waals surface area (Å²) < 4.78 is 10.7. The van der Waals surface area contributed by atoms with Gasteiger partial charge in [-0.15, -0.1) is 0 Å². The van der Waals surface area contributed by atoms with Crippen LogP contribution in [-0.4, -0.2) is 19.7 Å². The Morgan fingerprint density at radius 2 is 2.32 bits per heavy atom. The van der Waals surface area contributed by atoms with E-state index in [1.54, 1.807) is 6.26 Å². The van der Waals surface area contributed by atoms with E-state index in [1.165, 1.54) is 0 Å². The van der Waals surface area contributed by atoms with Crippen molar-refractivity contribution in [2.45, 2.75) is 39.7 Å². The lowest BCUT2D eigenvalue weighted by Gasteiger charge is -2.23. The Bertz CT molecular complexity index is 366. The first kappa shape index (κ1) is 15.7. The molecule has 0 radical (unpaired) electrons. The van der Waals surface area contributed by atoms with Gasteiger partial charge in [0.15, 0.2) is 0 Å². The molecule has 0 saturated carbocycles. The summed E-state index contributed by atoms with van der Waals surface area (Å²) in [5, 5.41) is 12.0. The van der Waals surface area contributed by atoms with Gasteiger partial charge in [0, 0.05) is 19.6 Å². The molecule has 1 heterocycles. The molecule has 0 bridgehead atoms. The molecule has 0 amide bonds. The van der Waals surface area contributed by atoms with Crippen LogP contribution in [0, 0.1) is 16.7 Å². The minimum atomic E-state index is 0.185. The highest BCUT2D eigenvalue weighted by atomic mass is 16.5. The molecular formula is C15H24N2O2. The molecule has 1 rings (SSSR count). The third kappa shape index (κ3) is 7.66. The zero-order valence-corrected chi connectivity index (χ0v) is 11.9. The van der Waals surface area contributed by atoms with E-state index in [2.05, 4.69) is 25.2 Å². The van der Waals surface area contributed by atoms with Crippen LogP contribution >= 0.6 is 0 Å². The molecule has 0 aromatic carbocycles. The van der Waals surface area contributed by atoms with Gasteiger partial charge in [-0.05, 0) is 36.9 Å². The maximum atomic E-state index is 8.58. The van der Waals surface area contributed by atoms with E-state index >= 15 is 0 Å². The standard InChI is InChI=1S/C15H24N2O2/c1-15(2,7-4-8-16)13-17-9-5-10-18-12-14-6-3-11-19-14/h3,6,11,17H,4-5,7,9-10,12-13H2,1-2H3. The highest BCUT2D eigenvalue weighted by Gasteiger charge is 2.16. The lowest BCUT2D eigenvalue weighted by molar-refractivity contribution is 0.103. The summed E-state index contributed by atoms with van der Waals surface area (Å²) in [6, 6.07) is 5.98. The fourth-order valence-corrected chi connectivity index (χ4v) is 1.78. The lowest BCUT2D eigenvalue weighted by atomic mass is 9.88. The highest BCUT2D eigenvalue weighted by Crippen LogP contribution is 2.20. The minimum Gasteiger partial charge on any atom is -0.467 e. The van der Waals surface area contributed by atoms with E-state index in [9.17, 15) is 0 Å². The molecule has 0 aliphatic heterocycles. The molecule has 106 valence electrons. The van der Waals surface area contributed by atoms with Crippen LogP contribution < -0.4 is 5.32 Å². The van der Waals surface area contributed by atoms with Gasteiger partial charge in [0.2, 0.25) is 0 Å². The van der Waals surface area contributed by atoms with Crippen LogP contribution in [0.3, 0.4) is 0 Å². The van der Waals surface area contributed by atoms with Crippen LogP contribution in [0.4, 0.5) is 0 Å². The normalized spacial score (nSPS) is 11.4. The van der Waals surface area contributed by atoms with E-state index in [4.69, 9.17) is 14.4 Å². The van der Waals surface area contributed by atoms with E-state index in [-0.39, 0.29) is 5.41 Å². The number of hydrogen-bond acceptors (Lipinski definition) is 4. The molecule has 0 aliphatic rings. The molecule has 1 aromatic rings. The highest BCUT2D eigenvalue weighted by molar-refractivity contribution is 4.95. The van der Waals surface area contributed by atoms with Gasteiger partial charge in [-0.1, -0.05) is 13.8 Å². The zero-order valence-electron chi connectivity index (χ0n) is 11.9.